The zero-order valence-electron chi connectivity index (χ0n) is 15.5. The molecule has 2 rings (SSSR count). The molecule has 1 aromatic carbocycles. The van der Waals surface area contributed by atoms with Crippen molar-refractivity contribution in [3.05, 3.63) is 35.6 Å². The molecule has 25 heavy (non-hydrogen) atoms. The molecule has 0 aromatic heterocycles. The molecule has 0 radical (unpaired) electrons. The second-order valence-electron chi connectivity index (χ2n) is 7.61. The van der Waals surface area contributed by atoms with Crippen LogP contribution >= 0.6 is 0 Å². The largest absolute Gasteiger partial charge is 0.444 e. The van der Waals surface area contributed by atoms with Crippen molar-refractivity contribution in [1.82, 2.24) is 9.80 Å². The lowest BCUT2D eigenvalue weighted by Crippen LogP contribution is -2.59. The van der Waals surface area contributed by atoms with Crippen molar-refractivity contribution in [2.75, 3.05) is 13.1 Å². The summed E-state index contributed by atoms with van der Waals surface area (Å²) in [5, 5.41) is 9.64. The molecule has 0 N–H and O–H groups in total. The summed E-state index contributed by atoms with van der Waals surface area (Å²) < 4.78 is 18.6. The Balaban J connectivity index is 2.14. The highest BCUT2D eigenvalue weighted by molar-refractivity contribution is 5.68. The van der Waals surface area contributed by atoms with Crippen LogP contribution in [0.3, 0.4) is 0 Å². The average molecular weight is 347 g/mol. The van der Waals surface area contributed by atoms with Crippen LogP contribution < -0.4 is 0 Å². The van der Waals surface area contributed by atoms with Gasteiger partial charge in [-0.3, -0.25) is 4.90 Å². The lowest BCUT2D eigenvalue weighted by atomic mass is 10.0. The number of hydrogen-bond donors (Lipinski definition) is 0. The molecule has 1 amide bonds. The highest BCUT2D eigenvalue weighted by atomic mass is 19.1. The van der Waals surface area contributed by atoms with Gasteiger partial charge in [0.25, 0.3) is 0 Å². The second-order valence-corrected chi connectivity index (χ2v) is 7.61. The molecule has 1 unspecified atom stereocenters. The van der Waals surface area contributed by atoms with Crippen molar-refractivity contribution in [3.8, 4) is 6.07 Å². The number of ether oxygens (including phenoxy) is 1. The number of piperazine rings is 1. The third-order valence-electron chi connectivity index (χ3n) is 4.30. The Kier molecular flexibility index (Phi) is 5.69. The second kappa shape index (κ2) is 7.40. The molecular formula is C19H26FN3O2. The smallest absolute Gasteiger partial charge is 0.410 e. The van der Waals surface area contributed by atoms with E-state index in [4.69, 9.17) is 4.74 Å². The quantitative estimate of drug-likeness (QED) is 0.818. The van der Waals surface area contributed by atoms with Crippen LogP contribution in [0.25, 0.3) is 0 Å². The van der Waals surface area contributed by atoms with Gasteiger partial charge in [-0.2, -0.15) is 5.26 Å². The number of carbonyl (C=O) groups excluding carboxylic acids is 1. The molecule has 5 nitrogen and oxygen atoms in total. The van der Waals surface area contributed by atoms with E-state index in [-0.39, 0.29) is 24.0 Å². The van der Waals surface area contributed by atoms with Crippen LogP contribution in [0.15, 0.2) is 24.3 Å². The van der Waals surface area contributed by atoms with Crippen molar-refractivity contribution >= 4 is 6.09 Å². The summed E-state index contributed by atoms with van der Waals surface area (Å²) in [6.45, 7) is 10.5. The van der Waals surface area contributed by atoms with Gasteiger partial charge in [-0.25, -0.2) is 9.18 Å². The zero-order chi connectivity index (χ0) is 18.8. The van der Waals surface area contributed by atoms with E-state index in [1.165, 1.54) is 12.1 Å². The van der Waals surface area contributed by atoms with E-state index in [1.54, 1.807) is 17.0 Å². The Hall–Kier alpha value is -2.13. The number of amides is 1. The molecule has 1 fully saturated rings. The van der Waals surface area contributed by atoms with Crippen LogP contribution in [0.1, 0.15) is 46.2 Å². The maximum atomic E-state index is 13.2. The molecule has 0 spiro atoms. The summed E-state index contributed by atoms with van der Waals surface area (Å²) >= 11 is 0. The number of nitriles is 1. The maximum Gasteiger partial charge on any atom is 0.410 e. The number of halogens is 1. The number of carbonyl (C=O) groups is 1. The fraction of sp³-hybridized carbons (Fsp3) is 0.579. The molecule has 0 saturated carbocycles. The Labute approximate surface area is 149 Å². The predicted octanol–water partition coefficient (Wildman–Crippen LogP) is 3.72. The zero-order valence-corrected chi connectivity index (χ0v) is 15.5. The Morgan fingerprint density at radius 1 is 1.24 bits per heavy atom. The molecule has 1 saturated heterocycles. The monoisotopic (exact) mass is 347 g/mol. The highest BCUT2D eigenvalue weighted by Gasteiger charge is 2.37. The van der Waals surface area contributed by atoms with Crippen LogP contribution in [0.5, 0.6) is 0 Å². The van der Waals surface area contributed by atoms with Gasteiger partial charge in [-0.05, 0) is 52.3 Å². The van der Waals surface area contributed by atoms with Gasteiger partial charge in [-0.15, -0.1) is 0 Å². The standard InChI is InChI=1S/C19H26FN3O2/c1-13-12-23(18(24)25-19(3,4)5)14(2)11-22(13)17(10-21)15-6-8-16(20)9-7-15/h6-9,13-14,17H,11-12H2,1-5H3/t13-,14+,17?/m1/s1. The first-order chi connectivity index (χ1) is 11.6. The van der Waals surface area contributed by atoms with E-state index >= 15 is 0 Å². The molecule has 0 bridgehead atoms. The lowest BCUT2D eigenvalue weighted by Gasteiger charge is -2.45. The number of benzene rings is 1. The van der Waals surface area contributed by atoms with Gasteiger partial charge in [0.05, 0.1) is 6.07 Å². The lowest BCUT2D eigenvalue weighted by molar-refractivity contribution is -0.0151. The Morgan fingerprint density at radius 2 is 1.84 bits per heavy atom. The SMILES string of the molecule is C[C@@H]1CN(C(=O)OC(C)(C)C)[C@@H](C)CN1C(C#N)c1ccc(F)cc1. The fourth-order valence-electron chi connectivity index (χ4n) is 3.07. The van der Waals surface area contributed by atoms with Gasteiger partial charge < -0.3 is 9.64 Å². The first-order valence-corrected chi connectivity index (χ1v) is 8.53. The van der Waals surface area contributed by atoms with Crippen molar-refractivity contribution in [2.24, 2.45) is 0 Å². The van der Waals surface area contributed by atoms with Gasteiger partial charge >= 0.3 is 6.09 Å². The third-order valence-corrected chi connectivity index (χ3v) is 4.30. The van der Waals surface area contributed by atoms with Gasteiger partial charge in [0, 0.05) is 25.2 Å². The summed E-state index contributed by atoms with van der Waals surface area (Å²) in [6, 6.07) is 7.75. The minimum Gasteiger partial charge on any atom is -0.444 e. The topological polar surface area (TPSA) is 56.6 Å². The normalized spacial score (nSPS) is 23.0. The molecule has 0 aliphatic carbocycles. The highest BCUT2D eigenvalue weighted by Crippen LogP contribution is 2.28. The van der Waals surface area contributed by atoms with Crippen molar-refractivity contribution in [1.29, 1.82) is 5.26 Å². The minimum atomic E-state index is -0.541. The Morgan fingerprint density at radius 3 is 2.36 bits per heavy atom. The molecule has 1 heterocycles. The van der Waals surface area contributed by atoms with Crippen LogP contribution in [-0.2, 0) is 4.74 Å². The molecule has 3 atom stereocenters. The van der Waals surface area contributed by atoms with E-state index < -0.39 is 11.6 Å². The first kappa shape index (κ1) is 19.2. The number of hydrogen-bond acceptors (Lipinski definition) is 4. The van der Waals surface area contributed by atoms with Crippen LogP contribution in [0.4, 0.5) is 9.18 Å². The minimum absolute atomic E-state index is 0.0154. The third kappa shape index (κ3) is 4.70. The molecule has 136 valence electrons. The summed E-state index contributed by atoms with van der Waals surface area (Å²) in [6.07, 6.45) is -0.332. The summed E-state index contributed by atoms with van der Waals surface area (Å²) in [5.41, 5.74) is 0.217. The number of rotatable bonds is 2. The fourth-order valence-corrected chi connectivity index (χ4v) is 3.07. The molecular weight excluding hydrogens is 321 g/mol. The van der Waals surface area contributed by atoms with Crippen LogP contribution in [0.2, 0.25) is 0 Å². The van der Waals surface area contributed by atoms with E-state index in [9.17, 15) is 14.4 Å². The van der Waals surface area contributed by atoms with E-state index in [1.807, 2.05) is 34.6 Å². The van der Waals surface area contributed by atoms with Gasteiger partial charge in [0.15, 0.2) is 0 Å². The molecule has 6 heteroatoms. The predicted molar refractivity (Wildman–Crippen MR) is 93.3 cm³/mol. The van der Waals surface area contributed by atoms with Gasteiger partial charge in [0.1, 0.15) is 17.5 Å². The maximum absolute atomic E-state index is 13.2. The van der Waals surface area contributed by atoms with E-state index in [0.717, 1.165) is 5.56 Å². The number of nitrogens with zero attached hydrogens (tertiary/aromatic N) is 3. The summed E-state index contributed by atoms with van der Waals surface area (Å²) in [4.78, 5) is 16.2. The average Bonchev–Trinajstić information content (AvgIpc) is 2.51. The molecule has 1 aliphatic rings. The van der Waals surface area contributed by atoms with Gasteiger partial charge in [0.2, 0.25) is 0 Å². The first-order valence-electron chi connectivity index (χ1n) is 8.53. The van der Waals surface area contributed by atoms with E-state index in [2.05, 4.69) is 11.0 Å². The summed E-state index contributed by atoms with van der Waals surface area (Å²) in [7, 11) is 0. The molecule has 1 aromatic rings. The Bertz CT molecular complexity index is 648. The van der Waals surface area contributed by atoms with Crippen molar-refractivity contribution < 1.29 is 13.9 Å². The van der Waals surface area contributed by atoms with E-state index in [0.29, 0.717) is 13.1 Å². The summed E-state index contributed by atoms with van der Waals surface area (Å²) in [5.74, 6) is -0.323. The van der Waals surface area contributed by atoms with Crippen LogP contribution in [0, 0.1) is 17.1 Å². The van der Waals surface area contributed by atoms with Crippen molar-refractivity contribution in [3.63, 3.8) is 0 Å². The molecule has 1 aliphatic heterocycles. The van der Waals surface area contributed by atoms with Gasteiger partial charge in [-0.1, -0.05) is 12.1 Å². The van der Waals surface area contributed by atoms with Crippen molar-refractivity contribution in [2.45, 2.75) is 58.3 Å². The van der Waals surface area contributed by atoms with Crippen LogP contribution in [-0.4, -0.2) is 46.7 Å².